The molecule has 7 nitrogen and oxygen atoms in total. The van der Waals surface area contributed by atoms with E-state index in [1.807, 2.05) is 32.0 Å². The summed E-state index contributed by atoms with van der Waals surface area (Å²) in [6.07, 6.45) is 0.0165. The summed E-state index contributed by atoms with van der Waals surface area (Å²) in [6, 6.07) is 6.98. The molecule has 0 aliphatic rings. The summed E-state index contributed by atoms with van der Waals surface area (Å²) >= 11 is 1.11. The normalized spacial score (nSPS) is 10.4. The van der Waals surface area contributed by atoms with Crippen molar-refractivity contribution in [3.63, 3.8) is 0 Å². The van der Waals surface area contributed by atoms with Crippen molar-refractivity contribution in [3.05, 3.63) is 51.4 Å². The summed E-state index contributed by atoms with van der Waals surface area (Å²) in [5, 5.41) is 5.63. The number of benzene rings is 1. The van der Waals surface area contributed by atoms with Gasteiger partial charge in [-0.3, -0.25) is 14.4 Å². The number of anilines is 1. The van der Waals surface area contributed by atoms with Gasteiger partial charge in [0, 0.05) is 18.8 Å². The minimum absolute atomic E-state index is 0.0165. The van der Waals surface area contributed by atoms with Crippen LogP contribution in [-0.4, -0.2) is 34.6 Å². The molecule has 2 aromatic rings. The van der Waals surface area contributed by atoms with E-state index in [0.29, 0.717) is 10.9 Å². The summed E-state index contributed by atoms with van der Waals surface area (Å²) in [5.41, 5.74) is 2.88. The first kappa shape index (κ1) is 18.7. The number of nitrogens with zero attached hydrogens (tertiary/aromatic N) is 1. The van der Waals surface area contributed by atoms with Crippen molar-refractivity contribution >= 4 is 29.3 Å². The van der Waals surface area contributed by atoms with Crippen molar-refractivity contribution < 1.29 is 9.59 Å². The highest BCUT2D eigenvalue weighted by atomic mass is 32.2. The van der Waals surface area contributed by atoms with E-state index in [1.54, 1.807) is 0 Å². The molecule has 1 aromatic heterocycles. The zero-order valence-electron chi connectivity index (χ0n) is 14.3. The Kier molecular flexibility index (Phi) is 6.35. The molecule has 0 unspecified atom stereocenters. The van der Waals surface area contributed by atoms with Gasteiger partial charge >= 0.3 is 0 Å². The average molecular weight is 360 g/mol. The number of aromatic nitrogens is 2. The average Bonchev–Trinajstić information content (AvgIpc) is 2.56. The molecule has 0 spiro atoms. The smallest absolute Gasteiger partial charge is 0.251 e. The third-order valence-corrected chi connectivity index (χ3v) is 4.49. The number of aryl methyl sites for hydroxylation is 1. The van der Waals surface area contributed by atoms with Gasteiger partial charge < -0.3 is 15.6 Å². The molecule has 25 heavy (non-hydrogen) atoms. The van der Waals surface area contributed by atoms with Crippen molar-refractivity contribution in [3.8, 4) is 0 Å². The molecule has 3 N–H and O–H groups in total. The molecule has 0 atom stereocenters. The van der Waals surface area contributed by atoms with E-state index in [9.17, 15) is 14.4 Å². The Morgan fingerprint density at radius 3 is 2.72 bits per heavy atom. The molecule has 0 aliphatic carbocycles. The number of hydrogen-bond donors (Lipinski definition) is 3. The Bertz CT molecular complexity index is 848. The lowest BCUT2D eigenvalue weighted by Gasteiger charge is -2.10. The number of thioether (sulfide) groups is 1. The number of hydrogen-bond acceptors (Lipinski definition) is 5. The predicted molar refractivity (Wildman–Crippen MR) is 97.9 cm³/mol. The Labute approximate surface area is 149 Å². The van der Waals surface area contributed by atoms with Crippen LogP contribution in [-0.2, 0) is 16.0 Å². The zero-order valence-corrected chi connectivity index (χ0v) is 15.1. The van der Waals surface area contributed by atoms with Crippen molar-refractivity contribution in [2.75, 3.05) is 18.1 Å². The lowest BCUT2D eigenvalue weighted by Crippen LogP contribution is -2.22. The second-order valence-electron chi connectivity index (χ2n) is 5.48. The van der Waals surface area contributed by atoms with Crippen LogP contribution in [0.1, 0.15) is 16.8 Å². The van der Waals surface area contributed by atoms with Crippen molar-refractivity contribution in [1.82, 2.24) is 15.3 Å². The van der Waals surface area contributed by atoms with Crippen LogP contribution in [0.2, 0.25) is 0 Å². The summed E-state index contributed by atoms with van der Waals surface area (Å²) < 4.78 is 0. The standard InChI is InChI=1S/C17H20N4O3S/c1-10-5-4-6-13(11(10)2)20-16(24)9-25-17-19-12(7-14(22)18-3)8-15(23)21-17/h4-6,8H,7,9H2,1-3H3,(H,18,22)(H,20,24)(H,19,21,23). The van der Waals surface area contributed by atoms with Crippen LogP contribution >= 0.6 is 11.8 Å². The van der Waals surface area contributed by atoms with E-state index in [0.717, 1.165) is 28.6 Å². The Balaban J connectivity index is 2.00. The number of H-pyrrole nitrogens is 1. The summed E-state index contributed by atoms with van der Waals surface area (Å²) in [6.45, 7) is 3.92. The van der Waals surface area contributed by atoms with Gasteiger partial charge in [-0.15, -0.1) is 0 Å². The highest BCUT2D eigenvalue weighted by Crippen LogP contribution is 2.19. The molecule has 0 saturated heterocycles. The maximum absolute atomic E-state index is 12.1. The third kappa shape index (κ3) is 5.46. The molecular weight excluding hydrogens is 340 g/mol. The van der Waals surface area contributed by atoms with Crippen LogP contribution in [0.5, 0.6) is 0 Å². The Hall–Kier alpha value is -2.61. The van der Waals surface area contributed by atoms with Gasteiger partial charge in [-0.25, -0.2) is 4.98 Å². The van der Waals surface area contributed by atoms with Gasteiger partial charge in [0.2, 0.25) is 11.8 Å². The minimum Gasteiger partial charge on any atom is -0.359 e. The molecule has 2 amide bonds. The zero-order chi connectivity index (χ0) is 18.4. The molecule has 1 aromatic carbocycles. The molecule has 2 rings (SSSR count). The lowest BCUT2D eigenvalue weighted by molar-refractivity contribution is -0.120. The van der Waals surface area contributed by atoms with Crippen molar-refractivity contribution in [2.45, 2.75) is 25.4 Å². The number of rotatable bonds is 6. The molecule has 0 saturated carbocycles. The quantitative estimate of drug-likeness (QED) is 0.534. The summed E-state index contributed by atoms with van der Waals surface area (Å²) in [4.78, 5) is 41.9. The predicted octanol–water partition coefficient (Wildman–Crippen LogP) is 1.41. The first-order chi connectivity index (χ1) is 11.9. The van der Waals surface area contributed by atoms with Crippen LogP contribution in [0.25, 0.3) is 0 Å². The maximum Gasteiger partial charge on any atom is 0.251 e. The molecule has 1 heterocycles. The molecule has 0 radical (unpaired) electrons. The molecule has 0 aliphatic heterocycles. The van der Waals surface area contributed by atoms with Gasteiger partial charge in [0.1, 0.15) is 0 Å². The molecule has 0 fully saturated rings. The van der Waals surface area contributed by atoms with Gasteiger partial charge in [-0.2, -0.15) is 0 Å². The SMILES string of the molecule is CNC(=O)Cc1cc(=O)[nH]c(SCC(=O)Nc2cccc(C)c2C)n1. The van der Waals surface area contributed by atoms with Gasteiger partial charge in [-0.05, 0) is 31.0 Å². The maximum atomic E-state index is 12.1. The van der Waals surface area contributed by atoms with Crippen molar-refractivity contribution in [1.29, 1.82) is 0 Å². The first-order valence-corrected chi connectivity index (χ1v) is 8.67. The Morgan fingerprint density at radius 1 is 1.24 bits per heavy atom. The molecule has 132 valence electrons. The van der Waals surface area contributed by atoms with E-state index in [-0.39, 0.29) is 29.5 Å². The fourth-order valence-corrected chi connectivity index (χ4v) is 2.80. The minimum atomic E-state index is -0.355. The van der Waals surface area contributed by atoms with E-state index >= 15 is 0 Å². The second-order valence-corrected chi connectivity index (χ2v) is 6.44. The molecule has 8 heteroatoms. The van der Waals surface area contributed by atoms with Crippen LogP contribution in [0.4, 0.5) is 5.69 Å². The lowest BCUT2D eigenvalue weighted by atomic mass is 10.1. The fourth-order valence-electron chi connectivity index (χ4n) is 2.10. The van der Waals surface area contributed by atoms with Crippen LogP contribution < -0.4 is 16.2 Å². The van der Waals surface area contributed by atoms with Crippen LogP contribution in [0, 0.1) is 13.8 Å². The third-order valence-electron chi connectivity index (χ3n) is 3.61. The largest absolute Gasteiger partial charge is 0.359 e. The van der Waals surface area contributed by atoms with Crippen LogP contribution in [0.15, 0.2) is 34.2 Å². The molecule has 0 bridgehead atoms. The van der Waals surface area contributed by atoms with Gasteiger partial charge in [0.05, 0.1) is 17.9 Å². The monoisotopic (exact) mass is 360 g/mol. The number of amides is 2. The number of aromatic amines is 1. The van der Waals surface area contributed by atoms with Crippen molar-refractivity contribution in [2.24, 2.45) is 0 Å². The van der Waals surface area contributed by atoms with Crippen LogP contribution in [0.3, 0.4) is 0 Å². The number of carbonyl (C=O) groups excluding carboxylic acids is 2. The van der Waals surface area contributed by atoms with Gasteiger partial charge in [-0.1, -0.05) is 23.9 Å². The summed E-state index contributed by atoms with van der Waals surface area (Å²) in [7, 11) is 1.52. The fraction of sp³-hybridized carbons (Fsp3) is 0.294. The van der Waals surface area contributed by atoms with E-state index in [1.165, 1.54) is 13.1 Å². The van der Waals surface area contributed by atoms with E-state index in [2.05, 4.69) is 20.6 Å². The number of carbonyl (C=O) groups is 2. The topological polar surface area (TPSA) is 104 Å². The van der Waals surface area contributed by atoms with E-state index < -0.39 is 0 Å². The Morgan fingerprint density at radius 2 is 2.00 bits per heavy atom. The molecular formula is C17H20N4O3S. The second kappa shape index (κ2) is 8.48. The number of nitrogens with one attached hydrogen (secondary N) is 3. The highest BCUT2D eigenvalue weighted by Gasteiger charge is 2.10. The first-order valence-electron chi connectivity index (χ1n) is 7.68. The van der Waals surface area contributed by atoms with Gasteiger partial charge in [0.15, 0.2) is 5.16 Å². The number of likely N-dealkylation sites (N-methyl/N-ethyl adjacent to an activating group) is 1. The summed E-state index contributed by atoms with van der Waals surface area (Å²) in [5.74, 6) is -0.334. The highest BCUT2D eigenvalue weighted by molar-refractivity contribution is 7.99. The van der Waals surface area contributed by atoms with Gasteiger partial charge in [0.25, 0.3) is 5.56 Å². The van der Waals surface area contributed by atoms with E-state index in [4.69, 9.17) is 0 Å².